The van der Waals surface area contributed by atoms with Crippen LogP contribution in [0.15, 0.2) is 65.7 Å². The molecule has 0 fully saturated rings. The second kappa shape index (κ2) is 4.69. The summed E-state index contributed by atoms with van der Waals surface area (Å²) >= 11 is 0.228. The van der Waals surface area contributed by atoms with E-state index in [4.69, 9.17) is 0 Å². The van der Waals surface area contributed by atoms with Gasteiger partial charge in [-0.3, -0.25) is 0 Å². The molecule has 2 nitrogen and oxygen atoms in total. The number of hydrogen-bond donors (Lipinski definition) is 1. The molecule has 1 unspecified atom stereocenters. The first-order valence-corrected chi connectivity index (χ1v) is 7.91. The molecular formula is C15H13NOSe. The van der Waals surface area contributed by atoms with E-state index in [1.165, 1.54) is 0 Å². The van der Waals surface area contributed by atoms with E-state index in [1.807, 2.05) is 48.5 Å². The van der Waals surface area contributed by atoms with E-state index in [2.05, 4.69) is 17.1 Å². The summed E-state index contributed by atoms with van der Waals surface area (Å²) in [5.41, 5.74) is 0.994. The van der Waals surface area contributed by atoms with Gasteiger partial charge in [0.15, 0.2) is 0 Å². The maximum absolute atomic E-state index is 10.6. The van der Waals surface area contributed by atoms with Crippen LogP contribution in [0.4, 0.5) is 0 Å². The van der Waals surface area contributed by atoms with Gasteiger partial charge in [0.1, 0.15) is 0 Å². The second-order valence-electron chi connectivity index (χ2n) is 4.25. The summed E-state index contributed by atoms with van der Waals surface area (Å²) in [5, 5.41) is 11.3. The Morgan fingerprint density at radius 1 is 0.944 bits per heavy atom. The predicted molar refractivity (Wildman–Crippen MR) is 73.9 cm³/mol. The fourth-order valence-electron chi connectivity index (χ4n) is 1.98. The van der Waals surface area contributed by atoms with Crippen LogP contribution in [0.5, 0.6) is 0 Å². The third kappa shape index (κ3) is 2.13. The SMILES string of the molecule is OC1(c2ccccc2)C[Se]C(c2ccccc2)=N1. The van der Waals surface area contributed by atoms with Crippen LogP contribution in [0, 0.1) is 0 Å². The monoisotopic (exact) mass is 303 g/mol. The number of benzene rings is 2. The average Bonchev–Trinajstić information content (AvgIpc) is 2.85. The van der Waals surface area contributed by atoms with Crippen molar-refractivity contribution in [3.8, 4) is 0 Å². The van der Waals surface area contributed by atoms with Gasteiger partial charge >= 0.3 is 113 Å². The Balaban J connectivity index is 1.96. The standard InChI is InChI=1S/C15H13NOSe/c17-15(13-9-5-2-6-10-13)11-18-14(16-15)12-7-3-1-4-8-12/h1-10,17H,11H2. The number of hydrogen-bond acceptors (Lipinski definition) is 2. The van der Waals surface area contributed by atoms with Gasteiger partial charge in [0, 0.05) is 0 Å². The Bertz CT molecular complexity index is 568. The molecule has 1 N–H and O–H groups in total. The van der Waals surface area contributed by atoms with E-state index < -0.39 is 5.72 Å². The van der Waals surface area contributed by atoms with Gasteiger partial charge in [0.25, 0.3) is 0 Å². The summed E-state index contributed by atoms with van der Waals surface area (Å²) in [6, 6.07) is 19.8. The molecule has 0 aromatic heterocycles. The Kier molecular flexibility index (Phi) is 3.04. The van der Waals surface area contributed by atoms with Crippen molar-refractivity contribution in [2.75, 3.05) is 0 Å². The van der Waals surface area contributed by atoms with Crippen LogP contribution >= 0.6 is 0 Å². The summed E-state index contributed by atoms with van der Waals surface area (Å²) in [6.07, 6.45) is 0. The molecule has 0 saturated carbocycles. The van der Waals surface area contributed by atoms with Crippen molar-refractivity contribution < 1.29 is 5.11 Å². The van der Waals surface area contributed by atoms with Gasteiger partial charge in [-0.15, -0.1) is 0 Å². The molecule has 90 valence electrons. The normalized spacial score (nSPS) is 22.8. The summed E-state index contributed by atoms with van der Waals surface area (Å²) in [6.45, 7) is 0. The summed E-state index contributed by atoms with van der Waals surface area (Å²) < 4.78 is 1.05. The van der Waals surface area contributed by atoms with Crippen molar-refractivity contribution >= 4 is 19.6 Å². The zero-order chi connectivity index (χ0) is 12.4. The van der Waals surface area contributed by atoms with E-state index >= 15 is 0 Å². The van der Waals surface area contributed by atoms with Crippen molar-refractivity contribution in [2.45, 2.75) is 11.0 Å². The molecule has 1 heterocycles. The summed E-state index contributed by atoms with van der Waals surface area (Å²) in [5.74, 6) is 0. The molecule has 0 spiro atoms. The quantitative estimate of drug-likeness (QED) is 0.849. The van der Waals surface area contributed by atoms with E-state index in [0.29, 0.717) is 5.32 Å². The fourth-order valence-corrected chi connectivity index (χ4v) is 4.26. The van der Waals surface area contributed by atoms with Crippen molar-refractivity contribution in [1.29, 1.82) is 0 Å². The zero-order valence-corrected chi connectivity index (χ0v) is 11.5. The van der Waals surface area contributed by atoms with Crippen LogP contribution in [0.25, 0.3) is 0 Å². The summed E-state index contributed by atoms with van der Waals surface area (Å²) in [7, 11) is 0. The molecule has 0 amide bonds. The fraction of sp³-hybridized carbons (Fsp3) is 0.133. The van der Waals surface area contributed by atoms with Crippen LogP contribution < -0.4 is 0 Å². The molecule has 0 bridgehead atoms. The third-order valence-electron chi connectivity index (χ3n) is 2.95. The van der Waals surface area contributed by atoms with Crippen LogP contribution in [-0.4, -0.2) is 24.7 Å². The van der Waals surface area contributed by atoms with Crippen LogP contribution in [0.2, 0.25) is 5.32 Å². The van der Waals surface area contributed by atoms with Gasteiger partial charge < -0.3 is 0 Å². The number of aliphatic imine (C=N–C) groups is 1. The number of nitrogens with zero attached hydrogens (tertiary/aromatic N) is 1. The Hall–Kier alpha value is -1.41. The van der Waals surface area contributed by atoms with Crippen molar-refractivity contribution in [3.63, 3.8) is 0 Å². The van der Waals surface area contributed by atoms with Crippen LogP contribution in [0.1, 0.15) is 11.1 Å². The number of rotatable bonds is 2. The third-order valence-corrected chi connectivity index (χ3v) is 5.36. The molecule has 0 aliphatic carbocycles. The van der Waals surface area contributed by atoms with Crippen LogP contribution in [-0.2, 0) is 5.72 Å². The number of aliphatic hydroxyl groups is 1. The Morgan fingerprint density at radius 2 is 1.56 bits per heavy atom. The molecule has 2 aromatic carbocycles. The second-order valence-corrected chi connectivity index (χ2v) is 6.28. The van der Waals surface area contributed by atoms with Gasteiger partial charge in [-0.1, -0.05) is 0 Å². The molecule has 3 rings (SSSR count). The van der Waals surface area contributed by atoms with Gasteiger partial charge in [0.05, 0.1) is 0 Å². The van der Waals surface area contributed by atoms with Crippen molar-refractivity contribution in [2.24, 2.45) is 4.99 Å². The van der Waals surface area contributed by atoms with Gasteiger partial charge in [-0.2, -0.15) is 0 Å². The van der Waals surface area contributed by atoms with Crippen LogP contribution in [0.3, 0.4) is 0 Å². The molecule has 2 aromatic rings. The molecule has 0 radical (unpaired) electrons. The molecule has 18 heavy (non-hydrogen) atoms. The van der Waals surface area contributed by atoms with E-state index in [1.54, 1.807) is 0 Å². The average molecular weight is 302 g/mol. The molecule has 1 aliphatic rings. The predicted octanol–water partition coefficient (Wildman–Crippen LogP) is 2.41. The van der Waals surface area contributed by atoms with Crippen molar-refractivity contribution in [1.82, 2.24) is 0 Å². The van der Waals surface area contributed by atoms with Gasteiger partial charge in [-0.05, 0) is 0 Å². The topological polar surface area (TPSA) is 32.6 Å². The molecule has 1 aliphatic heterocycles. The Labute approximate surface area is 113 Å². The van der Waals surface area contributed by atoms with E-state index in [9.17, 15) is 5.11 Å². The molecule has 1 atom stereocenters. The van der Waals surface area contributed by atoms with E-state index in [-0.39, 0.29) is 15.0 Å². The first-order valence-electron chi connectivity index (χ1n) is 5.84. The molecular weight excluding hydrogens is 289 g/mol. The Morgan fingerprint density at radius 3 is 2.22 bits per heavy atom. The first-order chi connectivity index (χ1) is 8.78. The van der Waals surface area contributed by atoms with Gasteiger partial charge in [-0.25, -0.2) is 0 Å². The molecule has 0 saturated heterocycles. The minimum atomic E-state index is -1.02. The van der Waals surface area contributed by atoms with Gasteiger partial charge in [0.2, 0.25) is 0 Å². The van der Waals surface area contributed by atoms with E-state index in [0.717, 1.165) is 15.7 Å². The maximum atomic E-state index is 10.6. The minimum absolute atomic E-state index is 0.228. The summed E-state index contributed by atoms with van der Waals surface area (Å²) in [4.78, 5) is 4.56. The van der Waals surface area contributed by atoms with Crippen molar-refractivity contribution in [3.05, 3.63) is 71.8 Å². The first kappa shape index (κ1) is 11.7. The zero-order valence-electron chi connectivity index (χ0n) is 9.78. The molecule has 3 heteroatoms.